The number of carboxylic acids is 1. The number of rotatable bonds is 6. The minimum absolute atomic E-state index is 0.00947. The highest BCUT2D eigenvalue weighted by molar-refractivity contribution is 6.03. The molecule has 2 aromatic heterocycles. The molecule has 8 heteroatoms. The summed E-state index contributed by atoms with van der Waals surface area (Å²) in [4.78, 5) is 24.1. The van der Waals surface area contributed by atoms with E-state index in [-0.39, 0.29) is 24.1 Å². The molecule has 0 radical (unpaired) electrons. The van der Waals surface area contributed by atoms with Gasteiger partial charge < -0.3 is 15.0 Å². The zero-order chi connectivity index (χ0) is 19.8. The molecule has 0 unspecified atom stereocenters. The Hall–Kier alpha value is -3.16. The van der Waals surface area contributed by atoms with Gasteiger partial charge in [-0.2, -0.15) is 0 Å². The SMILES string of the molecule is CC(C)n1cc(C(C)(C)NC(=O)Cn2cc(C(=O)O)c3ccccc32)nn1. The Morgan fingerprint density at radius 2 is 1.93 bits per heavy atom. The molecule has 27 heavy (non-hydrogen) atoms. The van der Waals surface area contributed by atoms with Crippen molar-refractivity contribution >= 4 is 22.8 Å². The number of para-hydroxylation sites is 1. The Bertz CT molecular complexity index is 1000. The molecular formula is C19H23N5O3. The van der Waals surface area contributed by atoms with E-state index in [0.29, 0.717) is 16.6 Å². The van der Waals surface area contributed by atoms with Gasteiger partial charge in [0.05, 0.1) is 17.3 Å². The van der Waals surface area contributed by atoms with E-state index < -0.39 is 11.5 Å². The Kier molecular flexibility index (Phi) is 4.73. The maximum atomic E-state index is 12.6. The number of carbonyl (C=O) groups is 2. The fraction of sp³-hybridized carbons (Fsp3) is 0.368. The van der Waals surface area contributed by atoms with Crippen molar-refractivity contribution in [1.82, 2.24) is 24.9 Å². The summed E-state index contributed by atoms with van der Waals surface area (Å²) < 4.78 is 3.39. The van der Waals surface area contributed by atoms with Crippen molar-refractivity contribution in [1.29, 1.82) is 0 Å². The summed E-state index contributed by atoms with van der Waals surface area (Å²) in [6.07, 6.45) is 3.31. The normalized spacial score (nSPS) is 11.9. The smallest absolute Gasteiger partial charge is 0.337 e. The summed E-state index contributed by atoms with van der Waals surface area (Å²) in [5.41, 5.74) is 0.835. The second kappa shape index (κ2) is 6.86. The molecule has 0 fully saturated rings. The number of hydrogen-bond donors (Lipinski definition) is 2. The highest BCUT2D eigenvalue weighted by Crippen LogP contribution is 2.22. The molecule has 0 aliphatic rings. The van der Waals surface area contributed by atoms with Crippen LogP contribution >= 0.6 is 0 Å². The van der Waals surface area contributed by atoms with Crippen LogP contribution in [0.15, 0.2) is 36.7 Å². The largest absolute Gasteiger partial charge is 0.478 e. The molecule has 0 aliphatic carbocycles. The van der Waals surface area contributed by atoms with Gasteiger partial charge in [0.1, 0.15) is 12.2 Å². The second-order valence-electron chi connectivity index (χ2n) is 7.34. The molecule has 3 rings (SSSR count). The zero-order valence-corrected chi connectivity index (χ0v) is 15.8. The molecule has 0 saturated carbocycles. The number of hydrogen-bond acceptors (Lipinski definition) is 4. The predicted molar refractivity (Wildman–Crippen MR) is 100 cm³/mol. The quantitative estimate of drug-likeness (QED) is 0.695. The van der Waals surface area contributed by atoms with Crippen molar-refractivity contribution in [2.45, 2.75) is 45.8 Å². The van der Waals surface area contributed by atoms with Crippen LogP contribution in [0.2, 0.25) is 0 Å². The van der Waals surface area contributed by atoms with Crippen LogP contribution in [-0.4, -0.2) is 36.5 Å². The topological polar surface area (TPSA) is 102 Å². The summed E-state index contributed by atoms with van der Waals surface area (Å²) in [5.74, 6) is -1.26. The molecule has 0 aliphatic heterocycles. The van der Waals surface area contributed by atoms with Gasteiger partial charge in [0.15, 0.2) is 0 Å². The van der Waals surface area contributed by atoms with Gasteiger partial charge in [-0.15, -0.1) is 5.10 Å². The molecule has 0 atom stereocenters. The molecule has 2 N–H and O–H groups in total. The molecular weight excluding hydrogens is 346 g/mol. The van der Waals surface area contributed by atoms with Crippen molar-refractivity contribution in [3.05, 3.63) is 47.9 Å². The monoisotopic (exact) mass is 369 g/mol. The first-order valence-electron chi connectivity index (χ1n) is 8.73. The first-order valence-corrected chi connectivity index (χ1v) is 8.73. The van der Waals surface area contributed by atoms with E-state index in [1.807, 2.05) is 40.0 Å². The van der Waals surface area contributed by atoms with Crippen LogP contribution in [0.3, 0.4) is 0 Å². The number of nitrogens with one attached hydrogen (secondary N) is 1. The van der Waals surface area contributed by atoms with Gasteiger partial charge >= 0.3 is 5.97 Å². The number of carboxylic acid groups (broad SMARTS) is 1. The molecule has 1 aromatic carbocycles. The minimum atomic E-state index is -1.02. The maximum Gasteiger partial charge on any atom is 0.337 e. The van der Waals surface area contributed by atoms with Gasteiger partial charge in [-0.05, 0) is 33.8 Å². The lowest BCUT2D eigenvalue weighted by molar-refractivity contribution is -0.123. The molecule has 3 aromatic rings. The lowest BCUT2D eigenvalue weighted by Gasteiger charge is -2.24. The molecule has 0 spiro atoms. The number of nitrogens with zero attached hydrogens (tertiary/aromatic N) is 4. The van der Waals surface area contributed by atoms with Crippen molar-refractivity contribution in [3.8, 4) is 0 Å². The van der Waals surface area contributed by atoms with Gasteiger partial charge in [-0.1, -0.05) is 23.4 Å². The van der Waals surface area contributed by atoms with Crippen molar-refractivity contribution in [3.63, 3.8) is 0 Å². The number of aromatic nitrogens is 4. The molecule has 0 bridgehead atoms. The third-order valence-corrected chi connectivity index (χ3v) is 4.46. The summed E-state index contributed by atoms with van der Waals surface area (Å²) in [7, 11) is 0. The van der Waals surface area contributed by atoms with Crippen LogP contribution in [0.5, 0.6) is 0 Å². The Morgan fingerprint density at radius 1 is 1.22 bits per heavy atom. The third kappa shape index (κ3) is 3.69. The third-order valence-electron chi connectivity index (χ3n) is 4.46. The zero-order valence-electron chi connectivity index (χ0n) is 15.8. The number of fused-ring (bicyclic) bond motifs is 1. The van der Waals surface area contributed by atoms with Crippen LogP contribution in [0.1, 0.15) is 49.8 Å². The average Bonchev–Trinajstić information content (AvgIpc) is 3.20. The van der Waals surface area contributed by atoms with E-state index in [1.54, 1.807) is 27.4 Å². The highest BCUT2D eigenvalue weighted by atomic mass is 16.4. The average molecular weight is 369 g/mol. The van der Waals surface area contributed by atoms with Gasteiger partial charge in [-0.3, -0.25) is 4.79 Å². The van der Waals surface area contributed by atoms with Crippen LogP contribution in [0.4, 0.5) is 0 Å². The second-order valence-corrected chi connectivity index (χ2v) is 7.34. The van der Waals surface area contributed by atoms with Crippen LogP contribution in [0.25, 0.3) is 10.9 Å². The first-order chi connectivity index (χ1) is 12.7. The van der Waals surface area contributed by atoms with Crippen molar-refractivity contribution in [2.75, 3.05) is 0 Å². The first kappa shape index (κ1) is 18.6. The molecule has 0 saturated heterocycles. The summed E-state index contributed by atoms with van der Waals surface area (Å²) >= 11 is 0. The fourth-order valence-electron chi connectivity index (χ4n) is 2.97. The Labute approximate surface area is 156 Å². The Morgan fingerprint density at radius 3 is 2.56 bits per heavy atom. The summed E-state index contributed by atoms with van der Waals surface area (Å²) in [6.45, 7) is 7.73. The molecule has 142 valence electrons. The predicted octanol–water partition coefficient (Wildman–Crippen LogP) is 2.56. The summed E-state index contributed by atoms with van der Waals surface area (Å²) in [5, 5.41) is 21.2. The maximum absolute atomic E-state index is 12.6. The van der Waals surface area contributed by atoms with E-state index in [0.717, 1.165) is 0 Å². The van der Waals surface area contributed by atoms with E-state index in [4.69, 9.17) is 0 Å². The van der Waals surface area contributed by atoms with Crippen LogP contribution in [-0.2, 0) is 16.9 Å². The van der Waals surface area contributed by atoms with E-state index in [2.05, 4.69) is 15.6 Å². The fourth-order valence-corrected chi connectivity index (χ4v) is 2.97. The van der Waals surface area contributed by atoms with Gasteiger partial charge in [0.25, 0.3) is 0 Å². The number of amides is 1. The van der Waals surface area contributed by atoms with Crippen LogP contribution < -0.4 is 5.32 Å². The minimum Gasteiger partial charge on any atom is -0.478 e. The van der Waals surface area contributed by atoms with Gasteiger partial charge in [0.2, 0.25) is 5.91 Å². The van der Waals surface area contributed by atoms with E-state index in [9.17, 15) is 14.7 Å². The van der Waals surface area contributed by atoms with Gasteiger partial charge in [-0.25, -0.2) is 9.48 Å². The summed E-state index contributed by atoms with van der Waals surface area (Å²) in [6, 6.07) is 7.31. The molecule has 1 amide bonds. The van der Waals surface area contributed by atoms with Gasteiger partial charge in [0, 0.05) is 23.1 Å². The van der Waals surface area contributed by atoms with E-state index >= 15 is 0 Å². The van der Waals surface area contributed by atoms with Crippen molar-refractivity contribution < 1.29 is 14.7 Å². The lowest BCUT2D eigenvalue weighted by Crippen LogP contribution is -2.42. The van der Waals surface area contributed by atoms with E-state index in [1.165, 1.54) is 6.20 Å². The number of carbonyl (C=O) groups excluding carboxylic acids is 1. The Balaban J connectivity index is 1.81. The molecule has 2 heterocycles. The lowest BCUT2D eigenvalue weighted by atomic mass is 10.0. The van der Waals surface area contributed by atoms with Crippen LogP contribution in [0, 0.1) is 0 Å². The number of benzene rings is 1. The number of aromatic carboxylic acids is 1. The highest BCUT2D eigenvalue weighted by Gasteiger charge is 2.27. The van der Waals surface area contributed by atoms with Crippen molar-refractivity contribution in [2.24, 2.45) is 0 Å². The standard InChI is InChI=1S/C19H23N5O3/c1-12(2)24-10-16(21-22-24)19(3,4)20-17(25)11-23-9-14(18(26)27)13-7-5-6-8-15(13)23/h5-10,12H,11H2,1-4H3,(H,20,25)(H,26,27). The molecule has 8 nitrogen and oxygen atoms in total.